The molecule has 0 fully saturated rings. The molecule has 1 rings (SSSR count). The first kappa shape index (κ1) is 13.7. The summed E-state index contributed by atoms with van der Waals surface area (Å²) in [5, 5.41) is 0. The van der Waals surface area contributed by atoms with Crippen LogP contribution in [-0.2, 0) is 0 Å². The fraction of sp³-hybridized carbons (Fsp3) is 0.222. The van der Waals surface area contributed by atoms with Gasteiger partial charge in [0.15, 0.2) is 0 Å². The molecule has 0 saturated carbocycles. The van der Waals surface area contributed by atoms with Crippen LogP contribution in [0.2, 0.25) is 0 Å². The number of halogens is 1. The van der Waals surface area contributed by atoms with Crippen molar-refractivity contribution in [2.45, 2.75) is 13.8 Å². The molecule has 56 valence electrons. The zero-order valence-corrected chi connectivity index (χ0v) is 9.14. The predicted molar refractivity (Wildman–Crippen MR) is 46.0 cm³/mol. The average molecular weight is 179 g/mol. The van der Waals surface area contributed by atoms with Crippen molar-refractivity contribution in [2.75, 3.05) is 0 Å². The van der Waals surface area contributed by atoms with Gasteiger partial charge in [0.1, 0.15) is 0 Å². The summed E-state index contributed by atoms with van der Waals surface area (Å²) in [6, 6.07) is 8.48. The molecule has 0 aliphatic carbocycles. The molecule has 0 aliphatic heterocycles. The molecule has 0 N–H and O–H groups in total. The third-order valence-electron chi connectivity index (χ3n) is 1.41. The zero-order chi connectivity index (χ0) is 6.69. The van der Waals surface area contributed by atoms with E-state index >= 15 is 0 Å². The van der Waals surface area contributed by atoms with Crippen LogP contribution in [0.1, 0.15) is 18.1 Å². The molecule has 11 heavy (non-hydrogen) atoms. The number of hydrogen-bond acceptors (Lipinski definition) is 0. The summed E-state index contributed by atoms with van der Waals surface area (Å²) in [6.45, 7) is 4.14. The van der Waals surface area contributed by atoms with E-state index < -0.39 is 0 Å². The molecule has 0 heterocycles. The summed E-state index contributed by atoms with van der Waals surface area (Å²) >= 11 is 0. The van der Waals surface area contributed by atoms with Crippen molar-refractivity contribution < 1.29 is 12.4 Å². The number of aryl methyl sites for hydroxylation is 1. The Morgan fingerprint density at radius 1 is 1.09 bits per heavy atom. The van der Waals surface area contributed by atoms with Crippen LogP contribution in [0.15, 0.2) is 24.3 Å². The molecule has 1 aromatic carbocycles. The van der Waals surface area contributed by atoms with Gasteiger partial charge in [-0.25, -0.2) is 0 Å². The third-order valence-corrected chi connectivity index (χ3v) is 1.41. The van der Waals surface area contributed by atoms with E-state index in [4.69, 9.17) is 0 Å². The molecule has 1 aromatic rings. The quantitative estimate of drug-likeness (QED) is 0.390. The topological polar surface area (TPSA) is 0 Å². The summed E-state index contributed by atoms with van der Waals surface area (Å²) in [5.74, 6) is 0. The van der Waals surface area contributed by atoms with E-state index in [-0.39, 0.29) is 35.5 Å². The Bertz CT molecular complexity index is 181. The molecule has 0 saturated heterocycles. The molecule has 0 aliphatic rings. The van der Waals surface area contributed by atoms with Crippen molar-refractivity contribution in [3.05, 3.63) is 41.8 Å². The van der Waals surface area contributed by atoms with Gasteiger partial charge in [0.25, 0.3) is 0 Å². The number of hydrogen-bond donors (Lipinski definition) is 0. The SMILES string of the molecule is C[CH-]c1ccc(C)cc1.[Cl-].[Mg+2]. The first-order chi connectivity index (χ1) is 4.33. The standard InChI is InChI=1S/C9H11.ClH.Mg/c1-3-9-6-4-8(2)5-7-9;;/h3-7H,1-2H3;1H;/q-1;;+2/p-1. The van der Waals surface area contributed by atoms with Crippen LogP contribution in [0.4, 0.5) is 0 Å². The van der Waals surface area contributed by atoms with Gasteiger partial charge in [0.05, 0.1) is 0 Å². The molecular weight excluding hydrogens is 168 g/mol. The predicted octanol–water partition coefficient (Wildman–Crippen LogP) is -0.809. The average Bonchev–Trinajstić information content (AvgIpc) is 1.90. The second-order valence-corrected chi connectivity index (χ2v) is 2.20. The van der Waals surface area contributed by atoms with Crippen LogP contribution < -0.4 is 12.4 Å². The van der Waals surface area contributed by atoms with Crippen LogP contribution >= 0.6 is 0 Å². The Labute approximate surface area is 90.9 Å². The Morgan fingerprint density at radius 2 is 1.55 bits per heavy atom. The summed E-state index contributed by atoms with van der Waals surface area (Å²) < 4.78 is 0. The van der Waals surface area contributed by atoms with Crippen LogP contribution in [0.5, 0.6) is 0 Å². The summed E-state index contributed by atoms with van der Waals surface area (Å²) in [6.07, 6.45) is 2.10. The zero-order valence-electron chi connectivity index (χ0n) is 6.97. The van der Waals surface area contributed by atoms with Crippen molar-refractivity contribution in [1.82, 2.24) is 0 Å². The largest absolute Gasteiger partial charge is 2.00 e. The molecule has 0 aromatic heterocycles. The van der Waals surface area contributed by atoms with Crippen LogP contribution in [0, 0.1) is 13.3 Å². The Hall–Kier alpha value is 0.146. The molecule has 0 atom stereocenters. The molecule has 0 unspecified atom stereocenters. The molecular formula is C9H11ClMg. The van der Waals surface area contributed by atoms with Gasteiger partial charge in [-0.2, -0.15) is 24.1 Å². The normalized spacial score (nSPS) is 7.45. The van der Waals surface area contributed by atoms with Crippen molar-refractivity contribution in [2.24, 2.45) is 0 Å². The van der Waals surface area contributed by atoms with Gasteiger partial charge in [-0.1, -0.05) is 12.5 Å². The maximum absolute atomic E-state index is 2.12. The Kier molecular flexibility index (Phi) is 8.52. The van der Waals surface area contributed by atoms with E-state index in [0.717, 1.165) is 0 Å². The van der Waals surface area contributed by atoms with E-state index in [1.807, 2.05) is 6.92 Å². The maximum Gasteiger partial charge on any atom is 2.00 e. The van der Waals surface area contributed by atoms with E-state index in [9.17, 15) is 0 Å². The summed E-state index contributed by atoms with van der Waals surface area (Å²) in [4.78, 5) is 0. The maximum atomic E-state index is 2.12. The van der Waals surface area contributed by atoms with Crippen LogP contribution in [0.3, 0.4) is 0 Å². The van der Waals surface area contributed by atoms with Gasteiger partial charge >= 0.3 is 23.1 Å². The Balaban J connectivity index is 0. The van der Waals surface area contributed by atoms with E-state index in [0.29, 0.717) is 0 Å². The smallest absolute Gasteiger partial charge is 1.00 e. The second-order valence-electron chi connectivity index (χ2n) is 2.20. The number of rotatable bonds is 1. The van der Waals surface area contributed by atoms with Crippen molar-refractivity contribution in [1.29, 1.82) is 0 Å². The minimum atomic E-state index is 0. The minimum Gasteiger partial charge on any atom is -1.00 e. The van der Waals surface area contributed by atoms with Crippen molar-refractivity contribution in [3.63, 3.8) is 0 Å². The van der Waals surface area contributed by atoms with E-state index in [2.05, 4.69) is 37.6 Å². The molecule has 0 amide bonds. The first-order valence-corrected chi connectivity index (χ1v) is 3.19. The van der Waals surface area contributed by atoms with Gasteiger partial charge in [-0.05, 0) is 6.92 Å². The second kappa shape index (κ2) is 6.83. The molecule has 0 spiro atoms. The summed E-state index contributed by atoms with van der Waals surface area (Å²) in [7, 11) is 0. The van der Waals surface area contributed by atoms with Gasteiger partial charge < -0.3 is 12.4 Å². The van der Waals surface area contributed by atoms with Gasteiger partial charge in [-0.15, -0.1) is 12.1 Å². The van der Waals surface area contributed by atoms with E-state index in [1.54, 1.807) is 0 Å². The third kappa shape index (κ3) is 4.56. The van der Waals surface area contributed by atoms with Crippen LogP contribution in [0.25, 0.3) is 0 Å². The minimum absolute atomic E-state index is 0. The molecule has 0 nitrogen and oxygen atoms in total. The monoisotopic (exact) mass is 178 g/mol. The van der Waals surface area contributed by atoms with Crippen molar-refractivity contribution >= 4 is 23.1 Å². The summed E-state index contributed by atoms with van der Waals surface area (Å²) in [5.41, 5.74) is 2.61. The molecule has 0 radical (unpaired) electrons. The molecule has 2 heteroatoms. The number of benzene rings is 1. The van der Waals surface area contributed by atoms with Gasteiger partial charge in [-0.3, -0.25) is 0 Å². The van der Waals surface area contributed by atoms with Crippen molar-refractivity contribution in [3.8, 4) is 0 Å². The fourth-order valence-electron chi connectivity index (χ4n) is 0.759. The van der Waals surface area contributed by atoms with Gasteiger partial charge in [0.2, 0.25) is 0 Å². The molecule has 0 bridgehead atoms. The Morgan fingerprint density at radius 3 is 1.91 bits per heavy atom. The van der Waals surface area contributed by atoms with E-state index in [1.165, 1.54) is 11.1 Å². The fourth-order valence-corrected chi connectivity index (χ4v) is 0.759. The van der Waals surface area contributed by atoms with Crippen LogP contribution in [-0.4, -0.2) is 23.1 Å². The van der Waals surface area contributed by atoms with Gasteiger partial charge in [0, 0.05) is 0 Å². The first-order valence-electron chi connectivity index (χ1n) is 3.19.